The maximum absolute atomic E-state index is 13.5. The van der Waals surface area contributed by atoms with Crippen LogP contribution in [0.25, 0.3) is 5.69 Å². The first-order chi connectivity index (χ1) is 16.3. The Bertz CT molecular complexity index is 1220. The van der Waals surface area contributed by atoms with Crippen molar-refractivity contribution in [3.05, 3.63) is 58.5 Å². The first kappa shape index (κ1) is 22.7. The number of hydrogen-bond acceptors (Lipinski definition) is 5. The van der Waals surface area contributed by atoms with Gasteiger partial charge >= 0.3 is 0 Å². The highest BCUT2D eigenvalue weighted by molar-refractivity contribution is 7.98. The van der Waals surface area contributed by atoms with E-state index in [-0.39, 0.29) is 46.7 Å². The van der Waals surface area contributed by atoms with E-state index in [4.69, 9.17) is 0 Å². The van der Waals surface area contributed by atoms with Crippen LogP contribution in [-0.2, 0) is 21.4 Å². The monoisotopic (exact) mass is 480 g/mol. The number of nitrogens with one attached hydrogen (secondary N) is 1. The van der Waals surface area contributed by atoms with Gasteiger partial charge in [-0.2, -0.15) is 11.8 Å². The van der Waals surface area contributed by atoms with Gasteiger partial charge in [0, 0.05) is 7.05 Å². The summed E-state index contributed by atoms with van der Waals surface area (Å²) < 4.78 is 3.17. The Kier molecular flexibility index (Phi) is 5.75. The van der Waals surface area contributed by atoms with Crippen molar-refractivity contribution in [2.45, 2.75) is 25.8 Å². The Labute approximate surface area is 202 Å². The third-order valence-corrected chi connectivity index (χ3v) is 8.16. The lowest BCUT2D eigenvalue weighted by Crippen LogP contribution is -2.49. The zero-order chi connectivity index (χ0) is 24.1. The highest BCUT2D eigenvalue weighted by Crippen LogP contribution is 2.53. The van der Waals surface area contributed by atoms with Gasteiger partial charge in [-0.1, -0.05) is 30.4 Å². The van der Waals surface area contributed by atoms with Gasteiger partial charge in [0.2, 0.25) is 17.7 Å². The second kappa shape index (κ2) is 8.61. The molecular formula is C25H28N4O4S. The van der Waals surface area contributed by atoms with Crippen LogP contribution in [0.5, 0.6) is 0 Å². The van der Waals surface area contributed by atoms with Crippen LogP contribution in [0.1, 0.15) is 18.5 Å². The Morgan fingerprint density at radius 3 is 2.29 bits per heavy atom. The van der Waals surface area contributed by atoms with E-state index in [0.29, 0.717) is 23.6 Å². The van der Waals surface area contributed by atoms with Crippen LogP contribution in [0.2, 0.25) is 0 Å². The summed E-state index contributed by atoms with van der Waals surface area (Å²) in [5.41, 5.74) is 1.06. The number of carbonyl (C=O) groups is 3. The molecular weight excluding hydrogens is 452 g/mol. The molecule has 1 N–H and O–H groups in total. The van der Waals surface area contributed by atoms with Crippen LogP contribution in [0.15, 0.2) is 47.3 Å². The normalized spacial score (nSPS) is 25.8. The van der Waals surface area contributed by atoms with E-state index in [0.717, 1.165) is 6.42 Å². The van der Waals surface area contributed by atoms with E-state index in [9.17, 15) is 19.2 Å². The number of likely N-dealkylation sites (tertiary alicyclic amines) is 1. The quantitative estimate of drug-likeness (QED) is 0.485. The molecule has 2 fully saturated rings. The number of imide groups is 1. The Balaban J connectivity index is 1.45. The molecule has 1 saturated carbocycles. The summed E-state index contributed by atoms with van der Waals surface area (Å²) in [4.78, 5) is 54.6. The van der Waals surface area contributed by atoms with Crippen molar-refractivity contribution < 1.29 is 14.4 Å². The zero-order valence-electron chi connectivity index (χ0n) is 19.4. The summed E-state index contributed by atoms with van der Waals surface area (Å²) in [6, 6.07) is 8.23. The van der Waals surface area contributed by atoms with E-state index < -0.39 is 11.9 Å². The predicted molar refractivity (Wildman–Crippen MR) is 131 cm³/mol. The molecule has 1 aromatic heterocycles. The van der Waals surface area contributed by atoms with E-state index >= 15 is 0 Å². The minimum absolute atomic E-state index is 0.0788. The second-order valence-corrected chi connectivity index (χ2v) is 10.3. The van der Waals surface area contributed by atoms with Crippen LogP contribution in [-0.4, -0.2) is 50.0 Å². The zero-order valence-corrected chi connectivity index (χ0v) is 20.2. The van der Waals surface area contributed by atoms with Crippen molar-refractivity contribution >= 4 is 35.2 Å². The molecule has 9 heteroatoms. The van der Waals surface area contributed by atoms with Gasteiger partial charge in [0.05, 0.1) is 23.2 Å². The van der Waals surface area contributed by atoms with Crippen molar-refractivity contribution in [3.8, 4) is 5.69 Å². The second-order valence-electron chi connectivity index (χ2n) is 9.27. The molecule has 0 spiro atoms. The lowest BCUT2D eigenvalue weighted by atomic mass is 9.85. The maximum Gasteiger partial charge on any atom is 0.295 e. The minimum Gasteiger partial charge on any atom is -0.318 e. The highest BCUT2D eigenvalue weighted by atomic mass is 32.2. The number of thioether (sulfide) groups is 1. The van der Waals surface area contributed by atoms with Gasteiger partial charge in [0.1, 0.15) is 11.7 Å². The molecule has 1 saturated heterocycles. The molecule has 8 nitrogen and oxygen atoms in total. The fraction of sp³-hybridized carbons (Fsp3) is 0.440. The van der Waals surface area contributed by atoms with Gasteiger partial charge < -0.3 is 5.32 Å². The molecule has 2 bridgehead atoms. The van der Waals surface area contributed by atoms with Crippen molar-refractivity contribution in [2.75, 3.05) is 17.3 Å². The number of carbonyl (C=O) groups excluding carboxylic acids is 3. The molecule has 3 aliphatic rings. The van der Waals surface area contributed by atoms with Gasteiger partial charge in [-0.15, -0.1) is 0 Å². The number of rotatable bonds is 7. The number of para-hydroxylation sites is 1. The summed E-state index contributed by atoms with van der Waals surface area (Å²) in [6.45, 7) is 1.76. The minimum atomic E-state index is -0.943. The van der Waals surface area contributed by atoms with Crippen LogP contribution in [0, 0.1) is 30.6 Å². The van der Waals surface area contributed by atoms with E-state index in [1.807, 2.05) is 48.7 Å². The van der Waals surface area contributed by atoms with E-state index in [1.54, 1.807) is 30.4 Å². The largest absolute Gasteiger partial charge is 0.318 e. The molecule has 34 heavy (non-hydrogen) atoms. The van der Waals surface area contributed by atoms with Gasteiger partial charge in [0.25, 0.3) is 5.56 Å². The van der Waals surface area contributed by atoms with Crippen LogP contribution >= 0.6 is 11.8 Å². The summed E-state index contributed by atoms with van der Waals surface area (Å²) >= 11 is 1.55. The molecule has 5 atom stereocenters. The summed E-state index contributed by atoms with van der Waals surface area (Å²) in [6.07, 6.45) is 7.17. The number of anilines is 1. The molecule has 1 aromatic carbocycles. The SMILES string of the molecule is CSCCC(C(=O)Nc1c(C)n(C)n(-c2ccccc2)c1=O)N1C(=O)C2C3C=CC(C3)C2C1=O. The molecule has 2 aromatic rings. The third kappa shape index (κ3) is 3.36. The van der Waals surface area contributed by atoms with Crippen LogP contribution in [0.4, 0.5) is 5.69 Å². The third-order valence-electron chi connectivity index (χ3n) is 7.52. The van der Waals surface area contributed by atoms with Crippen molar-refractivity contribution in [3.63, 3.8) is 0 Å². The van der Waals surface area contributed by atoms with Crippen LogP contribution < -0.4 is 10.9 Å². The van der Waals surface area contributed by atoms with E-state index in [2.05, 4.69) is 5.32 Å². The topological polar surface area (TPSA) is 93.4 Å². The lowest BCUT2D eigenvalue weighted by molar-refractivity contribution is -0.147. The number of fused-ring (bicyclic) bond motifs is 5. The lowest BCUT2D eigenvalue weighted by Gasteiger charge is -2.26. The average molecular weight is 481 g/mol. The highest BCUT2D eigenvalue weighted by Gasteiger charge is 2.61. The van der Waals surface area contributed by atoms with Gasteiger partial charge in [-0.3, -0.25) is 28.8 Å². The van der Waals surface area contributed by atoms with Gasteiger partial charge in [-0.25, -0.2) is 4.68 Å². The molecule has 3 amide bonds. The molecule has 2 aliphatic carbocycles. The number of aromatic nitrogens is 2. The van der Waals surface area contributed by atoms with Gasteiger partial charge in [0.15, 0.2) is 0 Å². The fourth-order valence-electron chi connectivity index (χ4n) is 5.76. The van der Waals surface area contributed by atoms with Crippen LogP contribution in [0.3, 0.4) is 0 Å². The number of amides is 3. The Hall–Kier alpha value is -3.07. The smallest absolute Gasteiger partial charge is 0.295 e. The number of hydrogen-bond donors (Lipinski definition) is 1. The summed E-state index contributed by atoms with van der Waals surface area (Å²) in [7, 11) is 1.75. The molecule has 5 rings (SSSR count). The molecule has 178 valence electrons. The van der Waals surface area contributed by atoms with Gasteiger partial charge in [-0.05, 0) is 55.7 Å². The maximum atomic E-state index is 13.5. The molecule has 1 aliphatic heterocycles. The number of benzene rings is 1. The molecule has 2 heterocycles. The van der Waals surface area contributed by atoms with E-state index in [1.165, 1.54) is 9.58 Å². The molecule has 0 radical (unpaired) electrons. The predicted octanol–water partition coefficient (Wildman–Crippen LogP) is 2.35. The van der Waals surface area contributed by atoms with Crippen molar-refractivity contribution in [2.24, 2.45) is 30.7 Å². The molecule has 5 unspecified atom stereocenters. The Morgan fingerprint density at radius 2 is 1.71 bits per heavy atom. The van der Waals surface area contributed by atoms with Crippen molar-refractivity contribution in [1.29, 1.82) is 0 Å². The summed E-state index contributed by atoms with van der Waals surface area (Å²) in [5.74, 6) is -0.953. The first-order valence-electron chi connectivity index (χ1n) is 11.5. The summed E-state index contributed by atoms with van der Waals surface area (Å²) in [5, 5.41) is 2.78. The fourth-order valence-corrected chi connectivity index (χ4v) is 6.22. The standard InChI is InChI=1S/C25H28N4O4S/c1-14-21(25(33)29(27(14)2)17-7-5-4-6-8-17)26-22(30)18(11-12-34-3)28-23(31)19-15-9-10-16(13-15)20(19)24(28)32/h4-10,15-16,18-20H,11-13H2,1-3H3,(H,26,30). The number of allylic oxidation sites excluding steroid dienone is 2. The van der Waals surface area contributed by atoms with Crippen molar-refractivity contribution in [1.82, 2.24) is 14.3 Å². The number of nitrogens with zero attached hydrogens (tertiary/aromatic N) is 3. The Morgan fingerprint density at radius 1 is 1.09 bits per heavy atom. The average Bonchev–Trinajstić information content (AvgIpc) is 3.56. The first-order valence-corrected chi connectivity index (χ1v) is 12.9.